The van der Waals surface area contributed by atoms with Crippen LogP contribution in [0.25, 0.3) is 0 Å². The topological polar surface area (TPSA) is 61.9 Å². The molecule has 1 N–H and O–H groups in total. The maximum atomic E-state index is 12.7. The predicted octanol–water partition coefficient (Wildman–Crippen LogP) is 2.17. The minimum Gasteiger partial charge on any atom is -0.493 e. The third kappa shape index (κ3) is 3.49. The molecule has 3 rings (SSSR count). The summed E-state index contributed by atoms with van der Waals surface area (Å²) in [6.45, 7) is 8.69. The molecule has 1 unspecified atom stereocenters. The third-order valence-electron chi connectivity index (χ3n) is 5.03. The quantitative estimate of drug-likeness (QED) is 0.634. The Morgan fingerprint density at radius 3 is 2.72 bits per heavy atom. The number of ether oxygens (including phenoxy) is 1. The summed E-state index contributed by atoms with van der Waals surface area (Å²) in [5.74, 6) is 0.845. The van der Waals surface area contributed by atoms with Gasteiger partial charge in [0.1, 0.15) is 11.3 Å². The lowest BCUT2D eigenvalue weighted by atomic mass is 9.98. The zero-order valence-electron chi connectivity index (χ0n) is 15.2. The molecule has 136 valence electrons. The number of carbonyl (C=O) groups is 2. The Hall–Kier alpha value is -2.08. The number of rotatable bonds is 6. The molecular formula is C19H27N3O3. The van der Waals surface area contributed by atoms with E-state index >= 15 is 0 Å². The fourth-order valence-electron chi connectivity index (χ4n) is 3.66. The van der Waals surface area contributed by atoms with Crippen LogP contribution in [-0.2, 0) is 4.79 Å². The van der Waals surface area contributed by atoms with Gasteiger partial charge in [-0.1, -0.05) is 18.2 Å². The van der Waals surface area contributed by atoms with Gasteiger partial charge in [-0.2, -0.15) is 0 Å². The molecule has 0 radical (unpaired) electrons. The van der Waals surface area contributed by atoms with Gasteiger partial charge >= 0.3 is 6.03 Å². The number of aryl methyl sites for hydroxylation is 1. The second-order valence-corrected chi connectivity index (χ2v) is 7.27. The standard InChI is InChI=1S/C19H27N3O3/c1-14(2)22-17(23)19(20-18(22)24)9-11-21(13-19)10-6-12-25-16-8-5-4-7-15(16)3/h4-5,7-8,14H,6,9-13H2,1-3H3,(H,20,24). The van der Waals surface area contributed by atoms with Crippen LogP contribution >= 0.6 is 0 Å². The molecule has 25 heavy (non-hydrogen) atoms. The van der Waals surface area contributed by atoms with E-state index in [1.807, 2.05) is 45.0 Å². The smallest absolute Gasteiger partial charge is 0.325 e. The van der Waals surface area contributed by atoms with Crippen LogP contribution in [0.2, 0.25) is 0 Å². The largest absolute Gasteiger partial charge is 0.493 e. The summed E-state index contributed by atoms with van der Waals surface area (Å²) in [4.78, 5) is 28.4. The highest BCUT2D eigenvalue weighted by Crippen LogP contribution is 2.29. The lowest BCUT2D eigenvalue weighted by Gasteiger charge is -2.23. The number of nitrogens with zero attached hydrogens (tertiary/aromatic N) is 2. The maximum Gasteiger partial charge on any atom is 0.325 e. The molecule has 2 saturated heterocycles. The second kappa shape index (κ2) is 7.04. The number of nitrogens with one attached hydrogen (secondary N) is 1. The van der Waals surface area contributed by atoms with Gasteiger partial charge in [-0.15, -0.1) is 0 Å². The Bertz CT molecular complexity index is 661. The molecule has 2 aliphatic heterocycles. The van der Waals surface area contributed by atoms with Gasteiger partial charge in [-0.3, -0.25) is 9.69 Å². The number of amides is 3. The summed E-state index contributed by atoms with van der Waals surface area (Å²) in [6.07, 6.45) is 1.57. The zero-order chi connectivity index (χ0) is 18.0. The Kier molecular flexibility index (Phi) is 4.99. The number of hydrogen-bond acceptors (Lipinski definition) is 4. The van der Waals surface area contributed by atoms with Gasteiger partial charge in [-0.05, 0) is 45.2 Å². The van der Waals surface area contributed by atoms with Crippen LogP contribution in [0.5, 0.6) is 5.75 Å². The summed E-state index contributed by atoms with van der Waals surface area (Å²) in [5, 5.41) is 2.93. The lowest BCUT2D eigenvalue weighted by molar-refractivity contribution is -0.132. The number of urea groups is 1. The molecule has 1 spiro atoms. The van der Waals surface area contributed by atoms with Crippen molar-refractivity contribution in [1.29, 1.82) is 0 Å². The SMILES string of the molecule is Cc1ccccc1OCCCN1CCC2(C1)NC(=O)N(C(C)C)C2=O. The first kappa shape index (κ1) is 17.7. The fourth-order valence-corrected chi connectivity index (χ4v) is 3.66. The van der Waals surface area contributed by atoms with Gasteiger partial charge in [-0.25, -0.2) is 4.79 Å². The minimum absolute atomic E-state index is 0.0776. The number of benzene rings is 1. The number of para-hydroxylation sites is 1. The molecule has 6 nitrogen and oxygen atoms in total. The summed E-state index contributed by atoms with van der Waals surface area (Å²) in [7, 11) is 0. The summed E-state index contributed by atoms with van der Waals surface area (Å²) >= 11 is 0. The zero-order valence-corrected chi connectivity index (χ0v) is 15.2. The Labute approximate surface area is 149 Å². The van der Waals surface area contributed by atoms with E-state index in [9.17, 15) is 9.59 Å². The molecule has 2 heterocycles. The molecule has 0 saturated carbocycles. The molecule has 0 aromatic heterocycles. The molecule has 1 aromatic rings. The maximum absolute atomic E-state index is 12.7. The Balaban J connectivity index is 1.48. The highest BCUT2D eigenvalue weighted by Gasteiger charge is 2.54. The van der Waals surface area contributed by atoms with Crippen molar-refractivity contribution in [3.63, 3.8) is 0 Å². The Morgan fingerprint density at radius 2 is 2.04 bits per heavy atom. The van der Waals surface area contributed by atoms with Gasteiger partial charge in [0.25, 0.3) is 5.91 Å². The van der Waals surface area contributed by atoms with E-state index in [2.05, 4.69) is 10.2 Å². The van der Waals surface area contributed by atoms with Crippen molar-refractivity contribution in [2.45, 2.75) is 45.2 Å². The molecule has 2 aliphatic rings. The van der Waals surface area contributed by atoms with Crippen LogP contribution < -0.4 is 10.1 Å². The van der Waals surface area contributed by atoms with E-state index in [-0.39, 0.29) is 18.0 Å². The highest BCUT2D eigenvalue weighted by molar-refractivity contribution is 6.07. The van der Waals surface area contributed by atoms with Gasteiger partial charge in [0.2, 0.25) is 0 Å². The van der Waals surface area contributed by atoms with Gasteiger partial charge in [0.05, 0.1) is 6.61 Å². The monoisotopic (exact) mass is 345 g/mol. The first-order valence-electron chi connectivity index (χ1n) is 8.99. The van der Waals surface area contributed by atoms with E-state index in [4.69, 9.17) is 4.74 Å². The fraction of sp³-hybridized carbons (Fsp3) is 0.579. The third-order valence-corrected chi connectivity index (χ3v) is 5.03. The van der Waals surface area contributed by atoms with E-state index in [0.29, 0.717) is 19.6 Å². The average Bonchev–Trinajstić information content (AvgIpc) is 3.07. The number of imide groups is 1. The molecule has 0 bridgehead atoms. The van der Waals surface area contributed by atoms with E-state index in [1.54, 1.807) is 0 Å². The number of carbonyl (C=O) groups excluding carboxylic acids is 2. The van der Waals surface area contributed by atoms with Crippen LogP contribution in [0.3, 0.4) is 0 Å². The molecule has 3 amide bonds. The van der Waals surface area contributed by atoms with Gasteiger partial charge in [0.15, 0.2) is 0 Å². The predicted molar refractivity (Wildman–Crippen MR) is 95.6 cm³/mol. The van der Waals surface area contributed by atoms with Crippen molar-refractivity contribution in [3.8, 4) is 5.75 Å². The number of likely N-dealkylation sites (tertiary alicyclic amines) is 1. The summed E-state index contributed by atoms with van der Waals surface area (Å²) < 4.78 is 5.83. The summed E-state index contributed by atoms with van der Waals surface area (Å²) in [5.41, 5.74) is 0.411. The first-order valence-corrected chi connectivity index (χ1v) is 8.99. The molecule has 0 aliphatic carbocycles. The van der Waals surface area contributed by atoms with Gasteiger partial charge in [0, 0.05) is 25.7 Å². The normalized spacial score (nSPS) is 23.8. The average molecular weight is 345 g/mol. The van der Waals surface area contributed by atoms with E-state index < -0.39 is 5.54 Å². The van der Waals surface area contributed by atoms with Gasteiger partial charge < -0.3 is 15.0 Å². The molecule has 1 atom stereocenters. The van der Waals surface area contributed by atoms with Crippen molar-refractivity contribution >= 4 is 11.9 Å². The lowest BCUT2D eigenvalue weighted by Crippen LogP contribution is -2.49. The van der Waals surface area contributed by atoms with Crippen LogP contribution in [-0.4, -0.2) is 59.6 Å². The van der Waals surface area contributed by atoms with Crippen molar-refractivity contribution in [2.75, 3.05) is 26.2 Å². The van der Waals surface area contributed by atoms with Crippen molar-refractivity contribution in [2.24, 2.45) is 0 Å². The minimum atomic E-state index is -0.724. The first-order chi connectivity index (χ1) is 11.9. The summed E-state index contributed by atoms with van der Waals surface area (Å²) in [6, 6.07) is 7.62. The second-order valence-electron chi connectivity index (χ2n) is 7.27. The van der Waals surface area contributed by atoms with Crippen LogP contribution in [0.15, 0.2) is 24.3 Å². The Morgan fingerprint density at radius 1 is 1.28 bits per heavy atom. The van der Waals surface area contributed by atoms with Crippen molar-refractivity contribution < 1.29 is 14.3 Å². The van der Waals surface area contributed by atoms with Crippen molar-refractivity contribution in [3.05, 3.63) is 29.8 Å². The van der Waals surface area contributed by atoms with Crippen LogP contribution in [0, 0.1) is 6.92 Å². The highest BCUT2D eigenvalue weighted by atomic mass is 16.5. The molecule has 2 fully saturated rings. The number of hydrogen-bond donors (Lipinski definition) is 1. The molecule has 6 heteroatoms. The van der Waals surface area contributed by atoms with Crippen molar-refractivity contribution in [1.82, 2.24) is 15.1 Å². The van der Waals surface area contributed by atoms with E-state index in [1.165, 1.54) is 4.90 Å². The molecular weight excluding hydrogens is 318 g/mol. The molecule has 1 aromatic carbocycles. The van der Waals surface area contributed by atoms with E-state index in [0.717, 1.165) is 30.8 Å². The van der Waals surface area contributed by atoms with Crippen LogP contribution in [0.1, 0.15) is 32.3 Å². The van der Waals surface area contributed by atoms with Crippen LogP contribution in [0.4, 0.5) is 4.79 Å².